The van der Waals surface area contributed by atoms with Gasteiger partial charge in [-0.2, -0.15) is 0 Å². The van der Waals surface area contributed by atoms with Gasteiger partial charge in [-0.1, -0.05) is 25.2 Å². The second kappa shape index (κ2) is 5.06. The van der Waals surface area contributed by atoms with E-state index in [9.17, 15) is 5.11 Å². The number of rotatable bonds is 3. The van der Waals surface area contributed by atoms with E-state index in [4.69, 9.17) is 4.74 Å². The SMILES string of the molecule is CC1C=CC=C(COC2=CC=C(O)CC2)C1. The highest BCUT2D eigenvalue weighted by molar-refractivity contribution is 5.21. The van der Waals surface area contributed by atoms with E-state index in [1.807, 2.05) is 6.08 Å². The highest BCUT2D eigenvalue weighted by atomic mass is 16.5. The van der Waals surface area contributed by atoms with Gasteiger partial charge in [-0.3, -0.25) is 0 Å². The molecule has 0 aromatic heterocycles. The number of allylic oxidation sites excluding steroid dienone is 7. The van der Waals surface area contributed by atoms with E-state index in [0.717, 1.165) is 18.6 Å². The van der Waals surface area contributed by atoms with Crippen LogP contribution in [-0.2, 0) is 4.74 Å². The summed E-state index contributed by atoms with van der Waals surface area (Å²) < 4.78 is 5.72. The first kappa shape index (κ1) is 11.1. The van der Waals surface area contributed by atoms with E-state index in [2.05, 4.69) is 25.2 Å². The lowest BCUT2D eigenvalue weighted by Gasteiger charge is -2.17. The average molecular weight is 218 g/mol. The number of hydrogen-bond donors (Lipinski definition) is 1. The molecular formula is C14H18O2. The number of aliphatic hydroxyl groups excluding tert-OH is 1. The molecule has 0 radical (unpaired) electrons. The van der Waals surface area contributed by atoms with Crippen LogP contribution in [0, 0.1) is 5.92 Å². The van der Waals surface area contributed by atoms with Crippen LogP contribution in [-0.4, -0.2) is 11.7 Å². The molecule has 0 spiro atoms. The van der Waals surface area contributed by atoms with E-state index in [0.29, 0.717) is 24.7 Å². The Bertz CT molecular complexity index is 370. The van der Waals surface area contributed by atoms with Crippen LogP contribution in [0.25, 0.3) is 0 Å². The number of hydrogen-bond acceptors (Lipinski definition) is 2. The van der Waals surface area contributed by atoms with Crippen LogP contribution in [0.15, 0.2) is 47.5 Å². The van der Waals surface area contributed by atoms with Crippen LogP contribution in [0.2, 0.25) is 0 Å². The summed E-state index contributed by atoms with van der Waals surface area (Å²) in [5.41, 5.74) is 1.34. The van der Waals surface area contributed by atoms with Crippen LogP contribution in [0.3, 0.4) is 0 Å². The topological polar surface area (TPSA) is 29.5 Å². The third-order valence-electron chi connectivity index (χ3n) is 2.89. The van der Waals surface area contributed by atoms with E-state index in [1.54, 1.807) is 6.08 Å². The van der Waals surface area contributed by atoms with Gasteiger partial charge in [-0.25, -0.2) is 0 Å². The molecule has 0 heterocycles. The van der Waals surface area contributed by atoms with Gasteiger partial charge < -0.3 is 9.84 Å². The van der Waals surface area contributed by atoms with Crippen molar-refractivity contribution in [3.63, 3.8) is 0 Å². The van der Waals surface area contributed by atoms with Crippen LogP contribution < -0.4 is 0 Å². The standard InChI is InChI=1S/C14H18O2/c1-11-3-2-4-12(9-11)10-16-14-7-5-13(15)6-8-14/h2-5,7,11,15H,6,8-10H2,1H3. The third kappa shape index (κ3) is 3.02. The minimum absolute atomic E-state index is 0.445. The van der Waals surface area contributed by atoms with Crippen molar-refractivity contribution >= 4 is 0 Å². The van der Waals surface area contributed by atoms with Crippen molar-refractivity contribution in [2.24, 2.45) is 5.92 Å². The van der Waals surface area contributed by atoms with Crippen molar-refractivity contribution in [2.75, 3.05) is 6.61 Å². The summed E-state index contributed by atoms with van der Waals surface area (Å²) in [6.45, 7) is 2.89. The van der Waals surface area contributed by atoms with Gasteiger partial charge in [0.05, 0.1) is 11.5 Å². The number of aliphatic hydroxyl groups is 1. The Morgan fingerprint density at radius 1 is 1.31 bits per heavy atom. The molecule has 2 aliphatic carbocycles. The predicted octanol–water partition coefficient (Wildman–Crippen LogP) is 3.65. The first-order chi connectivity index (χ1) is 7.74. The molecule has 0 aromatic rings. The van der Waals surface area contributed by atoms with E-state index < -0.39 is 0 Å². The van der Waals surface area contributed by atoms with Crippen LogP contribution in [0.1, 0.15) is 26.2 Å². The van der Waals surface area contributed by atoms with Crippen LogP contribution >= 0.6 is 0 Å². The monoisotopic (exact) mass is 218 g/mol. The quantitative estimate of drug-likeness (QED) is 0.783. The zero-order valence-electron chi connectivity index (χ0n) is 9.65. The maximum absolute atomic E-state index is 9.22. The Morgan fingerprint density at radius 3 is 2.88 bits per heavy atom. The molecule has 16 heavy (non-hydrogen) atoms. The molecule has 2 heteroatoms. The smallest absolute Gasteiger partial charge is 0.109 e. The molecule has 2 rings (SSSR count). The summed E-state index contributed by atoms with van der Waals surface area (Å²) in [5.74, 6) is 2.04. The molecule has 2 aliphatic rings. The summed E-state index contributed by atoms with van der Waals surface area (Å²) in [6.07, 6.45) is 12.6. The van der Waals surface area contributed by atoms with Crippen molar-refractivity contribution in [3.05, 3.63) is 47.5 Å². The predicted molar refractivity (Wildman–Crippen MR) is 65.0 cm³/mol. The van der Waals surface area contributed by atoms with Gasteiger partial charge in [0, 0.05) is 12.8 Å². The normalized spacial score (nSPS) is 24.6. The molecule has 0 saturated carbocycles. The van der Waals surface area contributed by atoms with Gasteiger partial charge in [0.15, 0.2) is 0 Å². The van der Waals surface area contributed by atoms with Crippen molar-refractivity contribution < 1.29 is 9.84 Å². The second-order valence-electron chi connectivity index (χ2n) is 4.47. The minimum atomic E-state index is 0.445. The Morgan fingerprint density at radius 2 is 2.19 bits per heavy atom. The summed E-state index contributed by atoms with van der Waals surface area (Å²) in [7, 11) is 0. The molecule has 2 nitrogen and oxygen atoms in total. The fourth-order valence-electron chi connectivity index (χ4n) is 1.95. The van der Waals surface area contributed by atoms with Gasteiger partial charge in [-0.15, -0.1) is 0 Å². The molecule has 0 amide bonds. The summed E-state index contributed by atoms with van der Waals surface area (Å²) in [4.78, 5) is 0. The van der Waals surface area contributed by atoms with E-state index in [-0.39, 0.29) is 0 Å². The lowest BCUT2D eigenvalue weighted by molar-refractivity contribution is 0.217. The van der Waals surface area contributed by atoms with Gasteiger partial charge in [-0.05, 0) is 30.1 Å². The molecule has 1 unspecified atom stereocenters. The first-order valence-electron chi connectivity index (χ1n) is 5.82. The lowest BCUT2D eigenvalue weighted by atomic mass is 9.96. The lowest BCUT2D eigenvalue weighted by Crippen LogP contribution is -2.06. The van der Waals surface area contributed by atoms with E-state index in [1.165, 1.54) is 5.57 Å². The zero-order chi connectivity index (χ0) is 11.4. The molecular weight excluding hydrogens is 200 g/mol. The minimum Gasteiger partial charge on any atom is -0.512 e. The van der Waals surface area contributed by atoms with E-state index >= 15 is 0 Å². The molecule has 1 N–H and O–H groups in total. The largest absolute Gasteiger partial charge is 0.512 e. The van der Waals surface area contributed by atoms with Crippen molar-refractivity contribution in [1.29, 1.82) is 0 Å². The van der Waals surface area contributed by atoms with Crippen LogP contribution in [0.5, 0.6) is 0 Å². The van der Waals surface area contributed by atoms with Gasteiger partial charge >= 0.3 is 0 Å². The molecule has 86 valence electrons. The molecule has 0 aromatic carbocycles. The third-order valence-corrected chi connectivity index (χ3v) is 2.89. The fraction of sp³-hybridized carbons (Fsp3) is 0.429. The van der Waals surface area contributed by atoms with Crippen molar-refractivity contribution in [1.82, 2.24) is 0 Å². The molecule has 0 fully saturated rings. The highest BCUT2D eigenvalue weighted by Gasteiger charge is 2.10. The Hall–Kier alpha value is -1.44. The molecule has 1 atom stereocenters. The molecule has 0 saturated heterocycles. The highest BCUT2D eigenvalue weighted by Crippen LogP contribution is 2.21. The Kier molecular flexibility index (Phi) is 3.50. The zero-order valence-corrected chi connectivity index (χ0v) is 9.65. The summed E-state index contributed by atoms with van der Waals surface area (Å²) in [5, 5.41) is 9.22. The number of ether oxygens (including phenoxy) is 1. The Labute approximate surface area is 96.6 Å². The summed E-state index contributed by atoms with van der Waals surface area (Å²) in [6, 6.07) is 0. The van der Waals surface area contributed by atoms with Crippen molar-refractivity contribution in [3.8, 4) is 0 Å². The van der Waals surface area contributed by atoms with Gasteiger partial charge in [0.25, 0.3) is 0 Å². The van der Waals surface area contributed by atoms with Gasteiger partial charge in [0.2, 0.25) is 0 Å². The maximum atomic E-state index is 9.22. The Balaban J connectivity index is 1.84. The van der Waals surface area contributed by atoms with Gasteiger partial charge in [0.1, 0.15) is 6.61 Å². The average Bonchev–Trinajstić information content (AvgIpc) is 2.28. The molecule has 0 bridgehead atoms. The summed E-state index contributed by atoms with van der Waals surface area (Å²) >= 11 is 0. The van der Waals surface area contributed by atoms with Crippen LogP contribution in [0.4, 0.5) is 0 Å². The molecule has 0 aliphatic heterocycles. The van der Waals surface area contributed by atoms with Crippen molar-refractivity contribution in [2.45, 2.75) is 26.2 Å². The maximum Gasteiger partial charge on any atom is 0.109 e. The fourth-order valence-corrected chi connectivity index (χ4v) is 1.95. The second-order valence-corrected chi connectivity index (χ2v) is 4.47. The first-order valence-corrected chi connectivity index (χ1v) is 5.82.